The standard InChI is InChI=1S/C7H10N2O3/c1-9-7(5(11)4-10)6(12-2)3-8-9/h3-5,11H,1-2H3. The van der Waals surface area contributed by atoms with E-state index in [-0.39, 0.29) is 0 Å². The minimum atomic E-state index is -1.17. The minimum Gasteiger partial charge on any atom is -0.493 e. The summed E-state index contributed by atoms with van der Waals surface area (Å²) in [5.41, 5.74) is 0.368. The molecule has 0 bridgehead atoms. The third-order valence-corrected chi connectivity index (χ3v) is 1.58. The summed E-state index contributed by atoms with van der Waals surface area (Å²) in [4.78, 5) is 10.3. The molecular weight excluding hydrogens is 160 g/mol. The Morgan fingerprint density at radius 3 is 3.00 bits per heavy atom. The van der Waals surface area contributed by atoms with E-state index in [0.717, 1.165) is 0 Å². The molecule has 0 amide bonds. The van der Waals surface area contributed by atoms with E-state index in [1.165, 1.54) is 18.0 Å². The highest BCUT2D eigenvalue weighted by Crippen LogP contribution is 2.22. The summed E-state index contributed by atoms with van der Waals surface area (Å²) >= 11 is 0. The van der Waals surface area contributed by atoms with Crippen LogP contribution >= 0.6 is 0 Å². The Kier molecular flexibility index (Phi) is 2.44. The summed E-state index contributed by atoms with van der Waals surface area (Å²) in [6.07, 6.45) is 0.703. The van der Waals surface area contributed by atoms with Crippen molar-refractivity contribution in [1.29, 1.82) is 0 Å². The van der Waals surface area contributed by atoms with Crippen molar-refractivity contribution >= 4 is 6.29 Å². The normalized spacial score (nSPS) is 12.6. The molecule has 0 aromatic carbocycles. The highest BCUT2D eigenvalue weighted by atomic mass is 16.5. The van der Waals surface area contributed by atoms with Crippen LogP contribution in [0.25, 0.3) is 0 Å². The van der Waals surface area contributed by atoms with Crippen LogP contribution in [0.15, 0.2) is 6.20 Å². The molecular formula is C7H10N2O3. The van der Waals surface area contributed by atoms with Crippen LogP contribution in [0, 0.1) is 0 Å². The quantitative estimate of drug-likeness (QED) is 0.630. The molecule has 66 valence electrons. The van der Waals surface area contributed by atoms with Crippen LogP contribution < -0.4 is 4.74 Å². The van der Waals surface area contributed by atoms with Crippen LogP contribution in [-0.4, -0.2) is 28.3 Å². The molecule has 1 unspecified atom stereocenters. The van der Waals surface area contributed by atoms with E-state index in [9.17, 15) is 9.90 Å². The van der Waals surface area contributed by atoms with Crippen molar-refractivity contribution in [1.82, 2.24) is 9.78 Å². The summed E-state index contributed by atoms with van der Waals surface area (Å²) in [6, 6.07) is 0. The zero-order valence-electron chi connectivity index (χ0n) is 6.89. The summed E-state index contributed by atoms with van der Waals surface area (Å²) < 4.78 is 6.29. The molecule has 1 rings (SSSR count). The largest absolute Gasteiger partial charge is 0.493 e. The average molecular weight is 170 g/mol. The smallest absolute Gasteiger partial charge is 0.163 e. The first-order valence-corrected chi connectivity index (χ1v) is 3.40. The fourth-order valence-corrected chi connectivity index (χ4v) is 0.986. The second kappa shape index (κ2) is 3.36. The average Bonchev–Trinajstić information content (AvgIpc) is 2.45. The Morgan fingerprint density at radius 2 is 2.50 bits per heavy atom. The van der Waals surface area contributed by atoms with Crippen LogP contribution in [0.3, 0.4) is 0 Å². The number of aryl methyl sites for hydroxylation is 1. The predicted octanol–water partition coefficient (Wildman–Crippen LogP) is -0.339. The van der Waals surface area contributed by atoms with Crippen molar-refractivity contribution in [2.75, 3.05) is 7.11 Å². The first-order chi connectivity index (χ1) is 5.70. The van der Waals surface area contributed by atoms with Crippen LogP contribution in [0.5, 0.6) is 5.75 Å². The van der Waals surface area contributed by atoms with Gasteiger partial charge in [-0.05, 0) is 0 Å². The van der Waals surface area contributed by atoms with Crippen molar-refractivity contribution in [3.05, 3.63) is 11.9 Å². The molecule has 1 atom stereocenters. The Hall–Kier alpha value is -1.36. The molecule has 12 heavy (non-hydrogen) atoms. The van der Waals surface area contributed by atoms with Crippen molar-refractivity contribution in [3.8, 4) is 5.75 Å². The molecule has 0 saturated heterocycles. The number of ether oxygens (including phenoxy) is 1. The van der Waals surface area contributed by atoms with E-state index in [1.807, 2.05) is 0 Å². The van der Waals surface area contributed by atoms with E-state index >= 15 is 0 Å². The van der Waals surface area contributed by atoms with Gasteiger partial charge in [-0.1, -0.05) is 0 Å². The van der Waals surface area contributed by atoms with Gasteiger partial charge in [0.25, 0.3) is 0 Å². The lowest BCUT2D eigenvalue weighted by Gasteiger charge is -2.05. The highest BCUT2D eigenvalue weighted by Gasteiger charge is 2.16. The van der Waals surface area contributed by atoms with E-state index in [1.54, 1.807) is 7.05 Å². The highest BCUT2D eigenvalue weighted by molar-refractivity contribution is 5.60. The molecule has 1 N–H and O–H groups in total. The molecule has 0 radical (unpaired) electrons. The van der Waals surface area contributed by atoms with Gasteiger partial charge in [0.05, 0.1) is 13.3 Å². The fraction of sp³-hybridized carbons (Fsp3) is 0.429. The van der Waals surface area contributed by atoms with Crippen molar-refractivity contribution in [2.45, 2.75) is 6.10 Å². The number of aliphatic hydroxyl groups is 1. The van der Waals surface area contributed by atoms with Crippen molar-refractivity contribution in [2.24, 2.45) is 7.05 Å². The van der Waals surface area contributed by atoms with Gasteiger partial charge in [0.2, 0.25) is 0 Å². The summed E-state index contributed by atoms with van der Waals surface area (Å²) in [5, 5.41) is 13.0. The molecule has 5 heteroatoms. The number of methoxy groups -OCH3 is 1. The first-order valence-electron chi connectivity index (χ1n) is 3.40. The molecule has 0 aliphatic heterocycles. The number of hydrogen-bond acceptors (Lipinski definition) is 4. The third kappa shape index (κ3) is 1.31. The van der Waals surface area contributed by atoms with Crippen molar-refractivity contribution < 1.29 is 14.6 Å². The van der Waals surface area contributed by atoms with E-state index < -0.39 is 6.10 Å². The molecule has 0 aliphatic carbocycles. The maximum Gasteiger partial charge on any atom is 0.163 e. The van der Waals surface area contributed by atoms with Gasteiger partial charge in [-0.2, -0.15) is 5.10 Å². The summed E-state index contributed by atoms with van der Waals surface area (Å²) in [6.45, 7) is 0. The summed E-state index contributed by atoms with van der Waals surface area (Å²) in [5.74, 6) is 0.414. The first kappa shape index (κ1) is 8.73. The fourth-order valence-electron chi connectivity index (χ4n) is 0.986. The lowest BCUT2D eigenvalue weighted by Crippen LogP contribution is -2.07. The number of aliphatic hydroxyl groups excluding tert-OH is 1. The maximum absolute atomic E-state index is 10.3. The van der Waals surface area contributed by atoms with Gasteiger partial charge in [0, 0.05) is 7.05 Å². The van der Waals surface area contributed by atoms with Gasteiger partial charge < -0.3 is 14.6 Å². The van der Waals surface area contributed by atoms with Gasteiger partial charge in [-0.25, -0.2) is 0 Å². The SMILES string of the molecule is COc1cnn(C)c1C(O)C=O. The lowest BCUT2D eigenvalue weighted by molar-refractivity contribution is -0.115. The van der Waals surface area contributed by atoms with E-state index in [0.29, 0.717) is 17.7 Å². The number of carbonyl (C=O) groups excluding carboxylic acids is 1. The second-order valence-corrected chi connectivity index (χ2v) is 2.30. The molecule has 5 nitrogen and oxygen atoms in total. The molecule has 0 aliphatic rings. The molecule has 1 heterocycles. The van der Waals surface area contributed by atoms with Crippen molar-refractivity contribution in [3.63, 3.8) is 0 Å². The van der Waals surface area contributed by atoms with E-state index in [2.05, 4.69) is 5.10 Å². The number of aldehydes is 1. The maximum atomic E-state index is 10.3. The Balaban J connectivity index is 3.09. The Bertz CT molecular complexity index is 282. The van der Waals surface area contributed by atoms with Gasteiger partial charge in [-0.3, -0.25) is 4.68 Å². The second-order valence-electron chi connectivity index (χ2n) is 2.30. The monoisotopic (exact) mass is 170 g/mol. The topological polar surface area (TPSA) is 64.3 Å². The molecule has 0 spiro atoms. The predicted molar refractivity (Wildman–Crippen MR) is 40.8 cm³/mol. The van der Waals surface area contributed by atoms with Gasteiger partial charge in [-0.15, -0.1) is 0 Å². The van der Waals surface area contributed by atoms with E-state index in [4.69, 9.17) is 4.74 Å². The number of carbonyl (C=O) groups is 1. The van der Waals surface area contributed by atoms with Crippen LogP contribution in [-0.2, 0) is 11.8 Å². The van der Waals surface area contributed by atoms with Gasteiger partial charge in [0.15, 0.2) is 18.1 Å². The number of aromatic nitrogens is 2. The molecule has 1 aromatic heterocycles. The number of nitrogens with zero attached hydrogens (tertiary/aromatic N) is 2. The van der Waals surface area contributed by atoms with Crippen LogP contribution in [0.2, 0.25) is 0 Å². The Labute approximate surface area is 69.6 Å². The van der Waals surface area contributed by atoms with Crippen LogP contribution in [0.4, 0.5) is 0 Å². The number of hydrogen-bond donors (Lipinski definition) is 1. The zero-order valence-corrected chi connectivity index (χ0v) is 6.89. The molecule has 0 saturated carbocycles. The zero-order chi connectivity index (χ0) is 9.14. The van der Waals surface area contributed by atoms with Crippen LogP contribution in [0.1, 0.15) is 11.8 Å². The number of rotatable bonds is 3. The van der Waals surface area contributed by atoms with Gasteiger partial charge >= 0.3 is 0 Å². The van der Waals surface area contributed by atoms with Gasteiger partial charge in [0.1, 0.15) is 5.69 Å². The molecule has 0 fully saturated rings. The Morgan fingerprint density at radius 1 is 1.83 bits per heavy atom. The lowest BCUT2D eigenvalue weighted by atomic mass is 10.2. The molecule has 1 aromatic rings. The summed E-state index contributed by atoms with van der Waals surface area (Å²) in [7, 11) is 3.09. The minimum absolute atomic E-state index is 0.368. The third-order valence-electron chi connectivity index (χ3n) is 1.58.